The summed E-state index contributed by atoms with van der Waals surface area (Å²) in [6.07, 6.45) is 20.5. The third kappa shape index (κ3) is 12.7. The molecule has 3 fully saturated rings. The number of hydrogen-bond donors (Lipinski definition) is 3. The average molecular weight is 780 g/mol. The number of nitrogens with zero attached hydrogens (tertiary/aromatic N) is 1. The summed E-state index contributed by atoms with van der Waals surface area (Å²) in [5, 5.41) is 3.40. The molecule has 0 bridgehead atoms. The van der Waals surface area contributed by atoms with E-state index in [0.717, 1.165) is 93.5 Å². The number of amides is 1. The van der Waals surface area contributed by atoms with Crippen molar-refractivity contribution in [1.82, 2.24) is 10.2 Å². The molecule has 4 aliphatic rings. The first kappa shape index (κ1) is 48.4. The summed E-state index contributed by atoms with van der Waals surface area (Å²) in [6.45, 7) is 17.0. The first-order valence-electron chi connectivity index (χ1n) is 20.3. The largest absolute Gasteiger partial charge is 0.462 e. The van der Waals surface area contributed by atoms with Crippen molar-refractivity contribution in [2.45, 2.75) is 150 Å². The molecule has 4 aliphatic carbocycles. The van der Waals surface area contributed by atoms with Gasteiger partial charge < -0.3 is 26.4 Å². The van der Waals surface area contributed by atoms with Crippen LogP contribution in [0.1, 0.15) is 144 Å². The van der Waals surface area contributed by atoms with Crippen molar-refractivity contribution in [2.24, 2.45) is 57.8 Å². The van der Waals surface area contributed by atoms with Crippen LogP contribution < -0.4 is 16.8 Å². The molecule has 1 unspecified atom stereocenters. The number of esters is 1. The van der Waals surface area contributed by atoms with Gasteiger partial charge in [-0.3, -0.25) is 9.59 Å². The minimum atomic E-state index is -0.220. The van der Waals surface area contributed by atoms with E-state index >= 15 is 0 Å². The van der Waals surface area contributed by atoms with Crippen LogP contribution in [0.5, 0.6) is 0 Å². The molecule has 4 rings (SSSR count). The molecule has 0 aromatic rings. The van der Waals surface area contributed by atoms with Crippen molar-refractivity contribution in [3.63, 3.8) is 0 Å². The molecule has 0 aromatic heterocycles. The minimum absolute atomic E-state index is 0. The maximum Gasteiger partial charge on any atom is 0.306 e. The molecule has 8 atom stereocenters. The molecular formula is C41H77Cl3N4O3. The van der Waals surface area contributed by atoms with Gasteiger partial charge in [-0.05, 0) is 143 Å². The van der Waals surface area contributed by atoms with Gasteiger partial charge in [0.1, 0.15) is 6.10 Å². The fourth-order valence-electron chi connectivity index (χ4n) is 10.9. The highest BCUT2D eigenvalue weighted by Crippen LogP contribution is 2.67. The van der Waals surface area contributed by atoms with Gasteiger partial charge in [-0.2, -0.15) is 0 Å². The van der Waals surface area contributed by atoms with Crippen molar-refractivity contribution >= 4 is 49.1 Å². The predicted octanol–water partition coefficient (Wildman–Crippen LogP) is 8.88. The van der Waals surface area contributed by atoms with E-state index in [1.54, 1.807) is 5.57 Å². The van der Waals surface area contributed by atoms with E-state index in [4.69, 9.17) is 16.2 Å². The summed E-state index contributed by atoms with van der Waals surface area (Å²) in [7, 11) is 0. The van der Waals surface area contributed by atoms with Gasteiger partial charge in [0.05, 0.1) is 6.42 Å². The molecule has 0 heterocycles. The molecule has 51 heavy (non-hydrogen) atoms. The molecule has 10 heteroatoms. The smallest absolute Gasteiger partial charge is 0.306 e. The molecule has 3 saturated carbocycles. The van der Waals surface area contributed by atoms with E-state index < -0.39 is 0 Å². The fraction of sp³-hybridized carbons (Fsp3) is 0.902. The van der Waals surface area contributed by atoms with Gasteiger partial charge in [-0.1, -0.05) is 65.5 Å². The Hall–Kier alpha value is -0.570. The molecule has 5 N–H and O–H groups in total. The zero-order valence-corrected chi connectivity index (χ0v) is 35.4. The monoisotopic (exact) mass is 779 g/mol. The molecular weight excluding hydrogens is 703 g/mol. The second-order valence-corrected chi connectivity index (χ2v) is 17.3. The Morgan fingerprint density at radius 3 is 2.27 bits per heavy atom. The summed E-state index contributed by atoms with van der Waals surface area (Å²) in [5.74, 6) is 4.80. The van der Waals surface area contributed by atoms with Crippen LogP contribution in [0.3, 0.4) is 0 Å². The zero-order valence-electron chi connectivity index (χ0n) is 32.9. The van der Waals surface area contributed by atoms with Gasteiger partial charge in [0.25, 0.3) is 0 Å². The lowest BCUT2D eigenvalue weighted by atomic mass is 9.47. The summed E-state index contributed by atoms with van der Waals surface area (Å²) < 4.78 is 6.06. The number of carbonyl (C=O) groups is 2. The van der Waals surface area contributed by atoms with E-state index in [-0.39, 0.29) is 73.5 Å². The van der Waals surface area contributed by atoms with E-state index in [1.165, 1.54) is 51.4 Å². The van der Waals surface area contributed by atoms with Crippen LogP contribution in [0.15, 0.2) is 11.6 Å². The second kappa shape index (κ2) is 23.4. The van der Waals surface area contributed by atoms with E-state index in [2.05, 4.69) is 46.0 Å². The zero-order chi connectivity index (χ0) is 34.7. The maximum absolute atomic E-state index is 13.1. The Bertz CT molecular complexity index is 1060. The Morgan fingerprint density at radius 2 is 1.57 bits per heavy atom. The summed E-state index contributed by atoms with van der Waals surface area (Å²) in [4.78, 5) is 28.0. The lowest BCUT2D eigenvalue weighted by Crippen LogP contribution is -2.51. The molecule has 0 aromatic carbocycles. The van der Waals surface area contributed by atoms with E-state index in [9.17, 15) is 9.59 Å². The molecule has 0 saturated heterocycles. The normalized spacial score (nSPS) is 30.0. The average Bonchev–Trinajstić information content (AvgIpc) is 3.42. The highest BCUT2D eigenvalue weighted by molar-refractivity contribution is 5.86. The van der Waals surface area contributed by atoms with Crippen molar-refractivity contribution in [2.75, 3.05) is 39.3 Å². The number of nitrogens with one attached hydrogen (secondary N) is 1. The maximum atomic E-state index is 13.1. The SMILES string of the molecule is CC(C)CCCC(C)[C@H]1CC[C@H]2[C@@H]3CC=C4C[C@@H](OC(=O)CCC(=O)N(CCCN)CCCCNCCCN)CC[C@]4(C)[C@H]3CC[C@]12C.Cl.Cl.Cl. The van der Waals surface area contributed by atoms with Crippen LogP contribution in [0.25, 0.3) is 0 Å². The molecule has 0 spiro atoms. The van der Waals surface area contributed by atoms with Gasteiger partial charge in [0.2, 0.25) is 5.91 Å². The van der Waals surface area contributed by atoms with E-state index in [0.29, 0.717) is 31.6 Å². The first-order valence-corrected chi connectivity index (χ1v) is 20.3. The number of rotatable bonds is 20. The molecule has 300 valence electrons. The molecule has 7 nitrogen and oxygen atoms in total. The predicted molar refractivity (Wildman–Crippen MR) is 220 cm³/mol. The van der Waals surface area contributed by atoms with Crippen LogP contribution >= 0.6 is 37.2 Å². The quantitative estimate of drug-likeness (QED) is 0.0647. The van der Waals surface area contributed by atoms with Crippen LogP contribution in [0.2, 0.25) is 0 Å². The van der Waals surface area contributed by atoms with Crippen molar-refractivity contribution in [3.05, 3.63) is 11.6 Å². The number of hydrogen-bond acceptors (Lipinski definition) is 6. The van der Waals surface area contributed by atoms with Gasteiger partial charge in [0, 0.05) is 25.9 Å². The third-order valence-corrected chi connectivity index (χ3v) is 13.7. The van der Waals surface area contributed by atoms with Crippen LogP contribution in [-0.4, -0.2) is 62.1 Å². The van der Waals surface area contributed by atoms with Gasteiger partial charge >= 0.3 is 5.97 Å². The van der Waals surface area contributed by atoms with Crippen molar-refractivity contribution in [1.29, 1.82) is 0 Å². The van der Waals surface area contributed by atoms with Gasteiger partial charge in [0.15, 0.2) is 0 Å². The minimum Gasteiger partial charge on any atom is -0.462 e. The van der Waals surface area contributed by atoms with Crippen LogP contribution in [-0.2, 0) is 14.3 Å². The number of fused-ring (bicyclic) bond motifs is 5. The lowest BCUT2D eigenvalue weighted by molar-refractivity contribution is -0.153. The lowest BCUT2D eigenvalue weighted by Gasteiger charge is -2.58. The standard InChI is InChI=1S/C41H74N4O3.3ClH/c1-30(2)11-8-12-31(3)35-15-16-36-34-14-13-32-29-33(19-21-40(32,4)37(34)20-22-41(35,36)5)48-39(47)18-17-38(46)45(28-10-24-43)27-7-6-25-44-26-9-23-42;;;/h13,30-31,33-37,44H,6-12,14-29,42-43H2,1-5H3;3*1H/t31?,33-,34-,35+,36-,37-,40-,41+;;;/m0.../s1. The molecule has 0 radical (unpaired) electrons. The van der Waals surface area contributed by atoms with Crippen LogP contribution in [0.4, 0.5) is 0 Å². The highest BCUT2D eigenvalue weighted by Gasteiger charge is 2.59. The van der Waals surface area contributed by atoms with Gasteiger partial charge in [-0.15, -0.1) is 37.2 Å². The van der Waals surface area contributed by atoms with Gasteiger partial charge in [-0.25, -0.2) is 0 Å². The number of halogens is 3. The second-order valence-electron chi connectivity index (χ2n) is 17.3. The number of allylic oxidation sites excluding steroid dienone is 1. The Labute approximate surface area is 331 Å². The van der Waals surface area contributed by atoms with Crippen molar-refractivity contribution < 1.29 is 14.3 Å². The number of carbonyl (C=O) groups excluding carboxylic acids is 2. The summed E-state index contributed by atoms with van der Waals surface area (Å²) in [5.41, 5.74) is 13.6. The Balaban J connectivity index is 0.00000433. The topological polar surface area (TPSA) is 111 Å². The van der Waals surface area contributed by atoms with Crippen molar-refractivity contribution in [3.8, 4) is 0 Å². The summed E-state index contributed by atoms with van der Waals surface area (Å²) in [6, 6.07) is 0. The first-order chi connectivity index (χ1) is 23.0. The fourth-order valence-corrected chi connectivity index (χ4v) is 10.9. The Morgan fingerprint density at radius 1 is 0.863 bits per heavy atom. The van der Waals surface area contributed by atoms with Crippen LogP contribution in [0, 0.1) is 46.3 Å². The highest BCUT2D eigenvalue weighted by atomic mass is 35.5. The number of nitrogens with two attached hydrogens (primary N) is 2. The summed E-state index contributed by atoms with van der Waals surface area (Å²) >= 11 is 0. The molecule has 1 amide bonds. The number of unbranched alkanes of at least 4 members (excludes halogenated alkanes) is 1. The number of ether oxygens (including phenoxy) is 1. The third-order valence-electron chi connectivity index (χ3n) is 13.7. The van der Waals surface area contributed by atoms with E-state index in [1.807, 2.05) is 4.90 Å². The molecule has 0 aliphatic heterocycles. The Kier molecular flexibility index (Phi) is 22.2.